The largest absolute Gasteiger partial charge is 0.342 e. The summed E-state index contributed by atoms with van der Waals surface area (Å²) in [7, 11) is 0. The van der Waals surface area contributed by atoms with Gasteiger partial charge < -0.3 is 14.7 Å². The van der Waals surface area contributed by atoms with Gasteiger partial charge in [-0.2, -0.15) is 10.2 Å². The molecular weight excluding hydrogens is 418 g/mol. The average Bonchev–Trinajstić information content (AvgIpc) is 3.38. The maximum absolute atomic E-state index is 13.4. The molecule has 33 heavy (non-hydrogen) atoms. The molecule has 2 amide bonds. The number of rotatable bonds is 6. The van der Waals surface area contributed by atoms with Crippen molar-refractivity contribution in [3.63, 3.8) is 0 Å². The Morgan fingerprint density at radius 1 is 1.09 bits per heavy atom. The van der Waals surface area contributed by atoms with E-state index in [0.29, 0.717) is 42.9 Å². The van der Waals surface area contributed by atoms with Gasteiger partial charge in [-0.15, -0.1) is 0 Å². The Bertz CT molecular complexity index is 1130. The van der Waals surface area contributed by atoms with E-state index in [2.05, 4.69) is 21.5 Å². The number of nitriles is 1. The number of anilines is 2. The second-order valence-corrected chi connectivity index (χ2v) is 8.32. The molecule has 8 heteroatoms. The summed E-state index contributed by atoms with van der Waals surface area (Å²) >= 11 is 0. The summed E-state index contributed by atoms with van der Waals surface area (Å²) < 4.78 is 4.76. The molecule has 168 valence electrons. The van der Waals surface area contributed by atoms with Crippen molar-refractivity contribution in [2.45, 2.75) is 32.6 Å². The fraction of sp³-hybridized carbons (Fsp3) is 0.320. The van der Waals surface area contributed by atoms with Gasteiger partial charge in [-0.3, -0.25) is 9.59 Å². The molecule has 1 aliphatic carbocycles. The minimum atomic E-state index is -0.290. The van der Waals surface area contributed by atoms with Crippen molar-refractivity contribution < 1.29 is 14.1 Å². The van der Waals surface area contributed by atoms with E-state index >= 15 is 0 Å². The van der Waals surface area contributed by atoms with E-state index in [1.165, 1.54) is 6.39 Å². The van der Waals surface area contributed by atoms with Crippen molar-refractivity contribution in [3.05, 3.63) is 60.5 Å². The highest BCUT2D eigenvalue weighted by Crippen LogP contribution is 2.31. The lowest BCUT2D eigenvalue weighted by Crippen LogP contribution is -2.42. The van der Waals surface area contributed by atoms with Crippen molar-refractivity contribution >= 4 is 23.2 Å². The zero-order chi connectivity index (χ0) is 23.2. The van der Waals surface area contributed by atoms with Crippen LogP contribution in [0, 0.1) is 30.1 Å². The van der Waals surface area contributed by atoms with Crippen molar-refractivity contribution in [1.82, 2.24) is 10.1 Å². The Morgan fingerprint density at radius 2 is 1.79 bits per heavy atom. The van der Waals surface area contributed by atoms with E-state index in [1.54, 1.807) is 29.2 Å². The van der Waals surface area contributed by atoms with Crippen LogP contribution < -0.4 is 10.2 Å². The lowest BCUT2D eigenvalue weighted by Gasteiger charge is -2.30. The molecule has 0 bridgehead atoms. The quantitative estimate of drug-likeness (QED) is 0.606. The van der Waals surface area contributed by atoms with Gasteiger partial charge in [0.2, 0.25) is 24.0 Å². The van der Waals surface area contributed by atoms with Crippen molar-refractivity contribution in [3.8, 4) is 17.5 Å². The van der Waals surface area contributed by atoms with E-state index in [4.69, 9.17) is 9.78 Å². The van der Waals surface area contributed by atoms with Gasteiger partial charge in [0.05, 0.1) is 6.07 Å². The summed E-state index contributed by atoms with van der Waals surface area (Å²) in [5.41, 5.74) is 3.15. The summed E-state index contributed by atoms with van der Waals surface area (Å²) in [6, 6.07) is 17.0. The lowest BCUT2D eigenvalue weighted by atomic mass is 9.82. The predicted molar refractivity (Wildman–Crippen MR) is 123 cm³/mol. The molecule has 1 aliphatic rings. The third kappa shape index (κ3) is 5.44. The van der Waals surface area contributed by atoms with Gasteiger partial charge >= 0.3 is 0 Å². The van der Waals surface area contributed by atoms with Crippen LogP contribution in [0.1, 0.15) is 31.2 Å². The second kappa shape index (κ2) is 10.1. The minimum absolute atomic E-state index is 0.0144. The number of benzene rings is 2. The molecule has 3 aromatic rings. The van der Waals surface area contributed by atoms with Crippen LogP contribution in [0.15, 0.2) is 59.4 Å². The molecule has 1 fully saturated rings. The fourth-order valence-electron chi connectivity index (χ4n) is 4.06. The van der Waals surface area contributed by atoms with Gasteiger partial charge in [0.25, 0.3) is 0 Å². The molecule has 0 spiro atoms. The lowest BCUT2D eigenvalue weighted by molar-refractivity contribution is -0.125. The molecule has 1 heterocycles. The number of aryl methyl sites for hydroxylation is 1. The van der Waals surface area contributed by atoms with Gasteiger partial charge in [-0.25, -0.2) is 0 Å². The van der Waals surface area contributed by atoms with Crippen LogP contribution in [0.4, 0.5) is 11.4 Å². The first-order chi connectivity index (χ1) is 16.0. The number of nitrogens with one attached hydrogen (secondary N) is 1. The van der Waals surface area contributed by atoms with Gasteiger partial charge in [-0.1, -0.05) is 22.9 Å². The summed E-state index contributed by atoms with van der Waals surface area (Å²) in [5.74, 6) is -0.0616. The second-order valence-electron chi connectivity index (χ2n) is 8.32. The summed E-state index contributed by atoms with van der Waals surface area (Å²) in [6.45, 7) is 1.89. The molecule has 8 nitrogen and oxygen atoms in total. The zero-order valence-corrected chi connectivity index (χ0v) is 18.4. The SMILES string of the molecule is Cc1ccc(N(CC(=O)Nc2ccc(-c3ncon3)cc2)C(=O)C2CCC(C#N)CC2)cc1. The Hall–Kier alpha value is -3.99. The van der Waals surface area contributed by atoms with Crippen LogP contribution >= 0.6 is 0 Å². The molecule has 2 aromatic carbocycles. The maximum Gasteiger partial charge on any atom is 0.244 e. The molecule has 0 atom stereocenters. The van der Waals surface area contributed by atoms with Crippen molar-refractivity contribution in [1.29, 1.82) is 5.26 Å². The number of aromatic nitrogens is 2. The van der Waals surface area contributed by atoms with E-state index < -0.39 is 0 Å². The summed E-state index contributed by atoms with van der Waals surface area (Å²) in [5, 5.41) is 15.8. The molecule has 0 unspecified atom stereocenters. The Balaban J connectivity index is 1.46. The molecule has 1 aromatic heterocycles. The van der Waals surface area contributed by atoms with Gasteiger partial charge in [0.1, 0.15) is 6.54 Å². The first-order valence-electron chi connectivity index (χ1n) is 11.0. The van der Waals surface area contributed by atoms with Crippen LogP contribution in [0.2, 0.25) is 0 Å². The molecule has 1 N–H and O–H groups in total. The normalized spacial score (nSPS) is 17.7. The highest BCUT2D eigenvalue weighted by atomic mass is 16.5. The van der Waals surface area contributed by atoms with Gasteiger partial charge in [-0.05, 0) is 69.0 Å². The first kappa shape index (κ1) is 22.2. The third-order valence-corrected chi connectivity index (χ3v) is 5.96. The van der Waals surface area contributed by atoms with Crippen LogP contribution in [-0.2, 0) is 9.59 Å². The molecular formula is C25H25N5O3. The number of carbonyl (C=O) groups is 2. The molecule has 0 saturated heterocycles. The zero-order valence-electron chi connectivity index (χ0n) is 18.4. The van der Waals surface area contributed by atoms with Gasteiger partial charge in [0.15, 0.2) is 0 Å². The Labute approximate surface area is 192 Å². The van der Waals surface area contributed by atoms with E-state index in [1.807, 2.05) is 31.2 Å². The number of amides is 2. The van der Waals surface area contributed by atoms with Crippen molar-refractivity contribution in [2.75, 3.05) is 16.8 Å². The van der Waals surface area contributed by atoms with E-state index in [9.17, 15) is 9.59 Å². The third-order valence-electron chi connectivity index (χ3n) is 5.96. The topological polar surface area (TPSA) is 112 Å². The standard InChI is InChI=1S/C25H25N5O3/c1-17-2-12-22(13-3-17)30(25(32)20-6-4-18(14-26)5-7-20)15-23(31)28-21-10-8-19(9-11-21)24-27-16-33-29-24/h2-3,8-13,16,18,20H,4-7,15H2,1H3,(H,28,31). The number of carbonyl (C=O) groups excluding carboxylic acids is 2. The molecule has 0 radical (unpaired) electrons. The predicted octanol–water partition coefficient (Wildman–Crippen LogP) is 4.35. The monoisotopic (exact) mass is 443 g/mol. The van der Waals surface area contributed by atoms with E-state index in [0.717, 1.165) is 11.1 Å². The van der Waals surface area contributed by atoms with Gasteiger partial charge in [0, 0.05) is 28.8 Å². The van der Waals surface area contributed by atoms with Crippen LogP contribution in [0.25, 0.3) is 11.4 Å². The minimum Gasteiger partial charge on any atom is -0.342 e. The maximum atomic E-state index is 13.4. The number of nitrogens with zero attached hydrogens (tertiary/aromatic N) is 4. The first-order valence-corrected chi connectivity index (χ1v) is 11.0. The fourth-order valence-corrected chi connectivity index (χ4v) is 4.06. The van der Waals surface area contributed by atoms with Crippen LogP contribution in [0.3, 0.4) is 0 Å². The Morgan fingerprint density at radius 3 is 2.39 bits per heavy atom. The summed E-state index contributed by atoms with van der Waals surface area (Å²) in [6.07, 6.45) is 4.02. The van der Waals surface area contributed by atoms with Crippen molar-refractivity contribution in [2.24, 2.45) is 11.8 Å². The summed E-state index contributed by atoms with van der Waals surface area (Å²) in [4.78, 5) is 31.8. The average molecular weight is 444 g/mol. The van der Waals surface area contributed by atoms with Crippen LogP contribution in [0.5, 0.6) is 0 Å². The molecule has 1 saturated carbocycles. The number of hydrogen-bond acceptors (Lipinski definition) is 6. The Kier molecular flexibility index (Phi) is 6.79. The van der Waals surface area contributed by atoms with Crippen LogP contribution in [-0.4, -0.2) is 28.5 Å². The molecule has 0 aliphatic heterocycles. The highest BCUT2D eigenvalue weighted by Gasteiger charge is 2.31. The highest BCUT2D eigenvalue weighted by molar-refractivity contribution is 6.03. The molecule has 4 rings (SSSR count). The number of hydrogen-bond donors (Lipinski definition) is 1. The smallest absolute Gasteiger partial charge is 0.244 e. The van der Waals surface area contributed by atoms with E-state index in [-0.39, 0.29) is 30.2 Å².